The number of nitrogens with two attached hydrogens (primary N) is 1. The normalized spacial score (nSPS) is 13.5. The van der Waals surface area contributed by atoms with E-state index in [4.69, 9.17) is 5.73 Å². The third-order valence-electron chi connectivity index (χ3n) is 2.25. The first-order chi connectivity index (χ1) is 7.85. The van der Waals surface area contributed by atoms with E-state index in [0.29, 0.717) is 0 Å². The molecular weight excluding hydrogens is 265 g/mol. The molecule has 0 amide bonds. The maximum absolute atomic E-state index is 13.1. The fraction of sp³-hybridized carbons (Fsp3) is 0.400. The molecule has 17 heavy (non-hydrogen) atoms. The third-order valence-corrected chi connectivity index (χ3v) is 5.57. The van der Waals surface area contributed by atoms with Crippen molar-refractivity contribution in [2.45, 2.75) is 11.8 Å². The van der Waals surface area contributed by atoms with Gasteiger partial charge in [-0.05, 0) is 18.2 Å². The van der Waals surface area contributed by atoms with Gasteiger partial charge in [0.05, 0.1) is 22.2 Å². The van der Waals surface area contributed by atoms with Gasteiger partial charge in [-0.25, -0.2) is 12.8 Å². The molecule has 0 saturated heterocycles. The molecule has 1 atom stereocenters. The first kappa shape index (κ1) is 14.1. The van der Waals surface area contributed by atoms with Crippen LogP contribution in [0.25, 0.3) is 0 Å². The molecular formula is C10H14FNO3S2. The predicted octanol–water partition coefficient (Wildman–Crippen LogP) is 0.950. The second kappa shape index (κ2) is 5.59. The molecule has 0 aliphatic carbocycles. The molecule has 0 bridgehead atoms. The van der Waals surface area contributed by atoms with Crippen LogP contribution in [0.4, 0.5) is 10.1 Å². The summed E-state index contributed by atoms with van der Waals surface area (Å²) in [5, 5.41) is 0. The van der Waals surface area contributed by atoms with Crippen molar-refractivity contribution in [1.29, 1.82) is 0 Å². The number of hydrogen-bond acceptors (Lipinski definition) is 4. The highest BCUT2D eigenvalue weighted by Crippen LogP contribution is 2.15. The van der Waals surface area contributed by atoms with E-state index in [-0.39, 0.29) is 27.8 Å². The molecule has 0 saturated carbocycles. The zero-order chi connectivity index (χ0) is 13.1. The molecule has 0 radical (unpaired) electrons. The van der Waals surface area contributed by atoms with E-state index in [1.54, 1.807) is 0 Å². The topological polar surface area (TPSA) is 77.2 Å². The minimum atomic E-state index is -3.15. The molecule has 4 nitrogen and oxygen atoms in total. The monoisotopic (exact) mass is 279 g/mol. The van der Waals surface area contributed by atoms with Crippen LogP contribution in [-0.2, 0) is 20.6 Å². The van der Waals surface area contributed by atoms with Crippen molar-refractivity contribution in [2.24, 2.45) is 0 Å². The number of sulfone groups is 1. The summed E-state index contributed by atoms with van der Waals surface area (Å²) in [7, 11) is -4.68. The van der Waals surface area contributed by atoms with Crippen LogP contribution < -0.4 is 5.73 Å². The Hall–Kier alpha value is -0.950. The second-order valence-corrected chi connectivity index (χ2v) is 7.51. The van der Waals surface area contributed by atoms with Crippen LogP contribution in [-0.4, -0.2) is 29.9 Å². The molecule has 7 heteroatoms. The fourth-order valence-electron chi connectivity index (χ4n) is 1.11. The highest BCUT2D eigenvalue weighted by Gasteiger charge is 2.12. The Morgan fingerprint density at radius 1 is 1.41 bits per heavy atom. The second-order valence-electron chi connectivity index (χ2n) is 3.47. The molecule has 0 heterocycles. The van der Waals surface area contributed by atoms with E-state index in [9.17, 15) is 17.0 Å². The summed E-state index contributed by atoms with van der Waals surface area (Å²) >= 11 is 0. The van der Waals surface area contributed by atoms with E-state index >= 15 is 0 Å². The molecule has 0 spiro atoms. The lowest BCUT2D eigenvalue weighted by Crippen LogP contribution is -2.15. The van der Waals surface area contributed by atoms with Crippen LogP contribution in [0.2, 0.25) is 0 Å². The van der Waals surface area contributed by atoms with Gasteiger partial charge in [0.15, 0.2) is 9.84 Å². The fourth-order valence-corrected chi connectivity index (χ4v) is 3.71. The van der Waals surface area contributed by atoms with Crippen LogP contribution >= 0.6 is 0 Å². The van der Waals surface area contributed by atoms with Crippen molar-refractivity contribution >= 4 is 26.3 Å². The minimum Gasteiger partial charge on any atom is -0.396 e. The maximum atomic E-state index is 13.1. The molecule has 96 valence electrons. The number of benzene rings is 1. The molecule has 1 unspecified atom stereocenters. The summed E-state index contributed by atoms with van der Waals surface area (Å²) in [4.78, 5) is 0.253. The van der Waals surface area contributed by atoms with Crippen LogP contribution in [0.3, 0.4) is 0 Å². The Bertz CT molecular complexity index is 528. The Morgan fingerprint density at radius 2 is 2.06 bits per heavy atom. The summed E-state index contributed by atoms with van der Waals surface area (Å²) in [5.41, 5.74) is 5.26. The lowest BCUT2D eigenvalue weighted by molar-refractivity contribution is 0.598. The molecule has 1 aromatic carbocycles. The van der Waals surface area contributed by atoms with Crippen LogP contribution in [0, 0.1) is 5.82 Å². The van der Waals surface area contributed by atoms with Gasteiger partial charge in [-0.1, -0.05) is 6.92 Å². The van der Waals surface area contributed by atoms with Crippen molar-refractivity contribution in [3.8, 4) is 0 Å². The smallest absolute Gasteiger partial charge is 0.150 e. The van der Waals surface area contributed by atoms with Crippen molar-refractivity contribution < 1.29 is 17.0 Å². The van der Waals surface area contributed by atoms with Gasteiger partial charge in [-0.15, -0.1) is 0 Å². The van der Waals surface area contributed by atoms with Crippen molar-refractivity contribution in [1.82, 2.24) is 0 Å². The average molecular weight is 279 g/mol. The van der Waals surface area contributed by atoms with Gasteiger partial charge in [-0.2, -0.15) is 0 Å². The zero-order valence-electron chi connectivity index (χ0n) is 9.35. The maximum Gasteiger partial charge on any atom is 0.150 e. The minimum absolute atomic E-state index is 0.0142. The molecule has 2 N–H and O–H groups in total. The first-order valence-corrected chi connectivity index (χ1v) is 8.13. The summed E-state index contributed by atoms with van der Waals surface area (Å²) in [6, 6.07) is 3.83. The number of hydrogen-bond donors (Lipinski definition) is 1. The van der Waals surface area contributed by atoms with Gasteiger partial charge in [0.25, 0.3) is 0 Å². The van der Waals surface area contributed by atoms with E-state index in [1.807, 2.05) is 0 Å². The van der Waals surface area contributed by atoms with Gasteiger partial charge in [0, 0.05) is 16.4 Å². The molecule has 0 aliphatic heterocycles. The van der Waals surface area contributed by atoms with Crippen LogP contribution in [0.5, 0.6) is 0 Å². The lowest BCUT2D eigenvalue weighted by Gasteiger charge is -2.04. The number of anilines is 1. The average Bonchev–Trinajstić information content (AvgIpc) is 2.30. The predicted molar refractivity (Wildman–Crippen MR) is 66.4 cm³/mol. The number of rotatable bonds is 5. The van der Waals surface area contributed by atoms with E-state index in [1.165, 1.54) is 19.1 Å². The van der Waals surface area contributed by atoms with Crippen molar-refractivity contribution in [2.75, 3.05) is 23.0 Å². The first-order valence-electron chi connectivity index (χ1n) is 4.99. The van der Waals surface area contributed by atoms with Crippen molar-refractivity contribution in [3.63, 3.8) is 0 Å². The SMILES string of the molecule is CCS(=O)(=O)CCS(=O)c1ccc(N)c(F)c1. The Kier molecular flexibility index (Phi) is 4.64. The third kappa shape index (κ3) is 4.08. The van der Waals surface area contributed by atoms with Crippen LogP contribution in [0.1, 0.15) is 6.92 Å². The zero-order valence-corrected chi connectivity index (χ0v) is 11.0. The Labute approximate surface area is 102 Å². The Balaban J connectivity index is 2.74. The molecule has 1 rings (SSSR count). The van der Waals surface area contributed by atoms with Crippen LogP contribution in [0.15, 0.2) is 23.1 Å². The van der Waals surface area contributed by atoms with E-state index in [2.05, 4.69) is 0 Å². The molecule has 0 fully saturated rings. The summed E-state index contributed by atoms with van der Waals surface area (Å²) in [5.74, 6) is -0.823. The molecule has 0 aliphatic rings. The van der Waals surface area contributed by atoms with Gasteiger partial charge in [-0.3, -0.25) is 4.21 Å². The summed E-state index contributed by atoms with van der Waals surface area (Å²) in [6.45, 7) is 1.53. The number of nitrogen functional groups attached to an aromatic ring is 1. The summed E-state index contributed by atoms with van der Waals surface area (Å²) < 4.78 is 47.3. The van der Waals surface area contributed by atoms with Gasteiger partial charge < -0.3 is 5.73 Å². The van der Waals surface area contributed by atoms with E-state index < -0.39 is 26.5 Å². The largest absolute Gasteiger partial charge is 0.396 e. The summed E-state index contributed by atoms with van der Waals surface area (Å²) in [6.07, 6.45) is 0. The van der Waals surface area contributed by atoms with Gasteiger partial charge in [0.1, 0.15) is 5.82 Å². The highest BCUT2D eigenvalue weighted by molar-refractivity contribution is 7.93. The number of halogens is 1. The van der Waals surface area contributed by atoms with E-state index in [0.717, 1.165) is 6.07 Å². The quantitative estimate of drug-likeness (QED) is 0.814. The lowest BCUT2D eigenvalue weighted by atomic mass is 10.3. The van der Waals surface area contributed by atoms with Gasteiger partial charge >= 0.3 is 0 Å². The Morgan fingerprint density at radius 3 is 2.59 bits per heavy atom. The van der Waals surface area contributed by atoms with Crippen molar-refractivity contribution in [3.05, 3.63) is 24.0 Å². The molecule has 1 aromatic rings. The van der Waals surface area contributed by atoms with Gasteiger partial charge in [0.2, 0.25) is 0 Å². The standard InChI is InChI=1S/C10H14FNO3S2/c1-2-17(14,15)6-5-16(13)8-3-4-10(12)9(11)7-8/h3-4,7H,2,5-6,12H2,1H3. The highest BCUT2D eigenvalue weighted by atomic mass is 32.2. The molecule has 0 aromatic heterocycles.